The molecule has 2 rings (SSSR count). The Hall–Kier alpha value is -1.87. The molecule has 0 aliphatic rings. The van der Waals surface area contributed by atoms with Crippen LogP contribution in [-0.2, 0) is 5.41 Å². The second kappa shape index (κ2) is 5.63. The molecule has 2 N–H and O–H groups in total. The van der Waals surface area contributed by atoms with Gasteiger partial charge in [-0.1, -0.05) is 32.9 Å². The smallest absolute Gasteiger partial charge is 0.145 e. The van der Waals surface area contributed by atoms with E-state index < -0.39 is 0 Å². The van der Waals surface area contributed by atoms with Crippen molar-refractivity contribution in [3.8, 4) is 11.5 Å². The third-order valence-electron chi connectivity index (χ3n) is 3.18. The van der Waals surface area contributed by atoms with Crippen LogP contribution in [0.25, 0.3) is 0 Å². The molecular weight excluding hydrogens is 248 g/mol. The Morgan fingerprint density at radius 1 is 1.00 bits per heavy atom. The zero-order chi connectivity index (χ0) is 14.8. The summed E-state index contributed by atoms with van der Waals surface area (Å²) in [7, 11) is 0. The van der Waals surface area contributed by atoms with E-state index >= 15 is 0 Å². The van der Waals surface area contributed by atoms with Gasteiger partial charge in [0.2, 0.25) is 0 Å². The first-order valence-corrected chi connectivity index (χ1v) is 6.86. The minimum atomic E-state index is -0.0601. The van der Waals surface area contributed by atoms with Crippen molar-refractivity contribution in [1.82, 2.24) is 4.98 Å². The molecule has 1 heterocycles. The number of hydrogen-bond donors (Lipinski definition) is 1. The Bertz CT molecular complexity index is 551. The standard InChI is InChI=1S/C17H22N2O/c1-12(18)16-10-9-15(11-19-16)20-14-7-5-13(6-8-14)17(2,3)4/h5-12H,18H2,1-4H3. The van der Waals surface area contributed by atoms with E-state index in [1.165, 1.54) is 5.56 Å². The lowest BCUT2D eigenvalue weighted by atomic mass is 9.87. The Labute approximate surface area is 120 Å². The predicted octanol–water partition coefficient (Wildman–Crippen LogP) is 4.19. The van der Waals surface area contributed by atoms with E-state index in [1.807, 2.05) is 31.2 Å². The maximum Gasteiger partial charge on any atom is 0.145 e. The van der Waals surface area contributed by atoms with Crippen molar-refractivity contribution < 1.29 is 4.74 Å². The van der Waals surface area contributed by atoms with Gasteiger partial charge in [-0.25, -0.2) is 0 Å². The van der Waals surface area contributed by atoms with Gasteiger partial charge in [-0.15, -0.1) is 0 Å². The number of aromatic nitrogens is 1. The Morgan fingerprint density at radius 2 is 1.60 bits per heavy atom. The largest absolute Gasteiger partial charge is 0.456 e. The van der Waals surface area contributed by atoms with Crippen LogP contribution in [0.3, 0.4) is 0 Å². The third-order valence-corrected chi connectivity index (χ3v) is 3.18. The minimum absolute atomic E-state index is 0.0601. The van der Waals surface area contributed by atoms with E-state index in [4.69, 9.17) is 10.5 Å². The average Bonchev–Trinajstić information content (AvgIpc) is 2.39. The van der Waals surface area contributed by atoms with E-state index in [1.54, 1.807) is 6.20 Å². The molecule has 3 nitrogen and oxygen atoms in total. The molecule has 1 aromatic heterocycles. The second-order valence-electron chi connectivity index (χ2n) is 6.08. The molecule has 0 fully saturated rings. The van der Waals surface area contributed by atoms with Crippen molar-refractivity contribution in [1.29, 1.82) is 0 Å². The van der Waals surface area contributed by atoms with Crippen LogP contribution in [0.4, 0.5) is 0 Å². The van der Waals surface area contributed by atoms with Gasteiger partial charge in [-0.2, -0.15) is 0 Å². The molecule has 106 valence electrons. The van der Waals surface area contributed by atoms with Crippen LogP contribution in [-0.4, -0.2) is 4.98 Å². The minimum Gasteiger partial charge on any atom is -0.456 e. The number of pyridine rings is 1. The summed E-state index contributed by atoms with van der Waals surface area (Å²) in [5.74, 6) is 1.53. The van der Waals surface area contributed by atoms with Crippen LogP contribution in [0.15, 0.2) is 42.6 Å². The molecule has 0 spiro atoms. The van der Waals surface area contributed by atoms with E-state index in [0.29, 0.717) is 0 Å². The van der Waals surface area contributed by atoms with E-state index in [-0.39, 0.29) is 11.5 Å². The highest BCUT2D eigenvalue weighted by Crippen LogP contribution is 2.26. The summed E-state index contributed by atoms with van der Waals surface area (Å²) in [5.41, 5.74) is 8.07. The Morgan fingerprint density at radius 3 is 2.05 bits per heavy atom. The van der Waals surface area contributed by atoms with Crippen LogP contribution in [0.2, 0.25) is 0 Å². The van der Waals surface area contributed by atoms with Crippen molar-refractivity contribution in [3.05, 3.63) is 53.9 Å². The summed E-state index contributed by atoms with van der Waals surface area (Å²) in [5, 5.41) is 0. The van der Waals surface area contributed by atoms with Crippen LogP contribution in [0.1, 0.15) is 45.0 Å². The molecule has 3 heteroatoms. The summed E-state index contributed by atoms with van der Waals surface area (Å²) in [4.78, 5) is 4.28. The van der Waals surface area contributed by atoms with Crippen LogP contribution < -0.4 is 10.5 Å². The van der Waals surface area contributed by atoms with Gasteiger partial charge in [0.1, 0.15) is 11.5 Å². The molecule has 0 saturated carbocycles. The van der Waals surface area contributed by atoms with E-state index in [2.05, 4.69) is 37.9 Å². The fraction of sp³-hybridized carbons (Fsp3) is 0.353. The summed E-state index contributed by atoms with van der Waals surface area (Å²) in [6, 6.07) is 11.9. The lowest BCUT2D eigenvalue weighted by molar-refractivity contribution is 0.478. The first-order chi connectivity index (χ1) is 9.36. The first-order valence-electron chi connectivity index (χ1n) is 6.86. The lowest BCUT2D eigenvalue weighted by Gasteiger charge is -2.19. The van der Waals surface area contributed by atoms with Crippen LogP contribution in [0.5, 0.6) is 11.5 Å². The molecule has 1 atom stereocenters. The zero-order valence-electron chi connectivity index (χ0n) is 12.6. The molecule has 0 saturated heterocycles. The molecule has 0 aliphatic carbocycles. The molecule has 1 aromatic carbocycles. The number of rotatable bonds is 3. The van der Waals surface area contributed by atoms with Gasteiger partial charge in [0.25, 0.3) is 0 Å². The summed E-state index contributed by atoms with van der Waals surface area (Å²) < 4.78 is 5.78. The van der Waals surface area contributed by atoms with Crippen molar-refractivity contribution in [3.63, 3.8) is 0 Å². The van der Waals surface area contributed by atoms with Gasteiger partial charge in [0.15, 0.2) is 0 Å². The average molecular weight is 270 g/mol. The number of nitrogens with zero attached hydrogens (tertiary/aromatic N) is 1. The van der Waals surface area contributed by atoms with Crippen molar-refractivity contribution >= 4 is 0 Å². The number of nitrogens with two attached hydrogens (primary N) is 1. The predicted molar refractivity (Wildman–Crippen MR) is 82.1 cm³/mol. The van der Waals surface area contributed by atoms with Crippen molar-refractivity contribution in [2.24, 2.45) is 5.73 Å². The Balaban J connectivity index is 2.10. The fourth-order valence-electron chi connectivity index (χ4n) is 1.88. The molecule has 1 unspecified atom stereocenters. The molecule has 0 radical (unpaired) electrons. The van der Waals surface area contributed by atoms with Gasteiger partial charge < -0.3 is 10.5 Å². The van der Waals surface area contributed by atoms with Crippen LogP contribution >= 0.6 is 0 Å². The molecule has 0 bridgehead atoms. The highest BCUT2D eigenvalue weighted by Gasteiger charge is 2.13. The maximum absolute atomic E-state index is 5.78. The number of ether oxygens (including phenoxy) is 1. The normalized spacial score (nSPS) is 13.1. The van der Waals surface area contributed by atoms with Crippen molar-refractivity contribution in [2.45, 2.75) is 39.2 Å². The van der Waals surface area contributed by atoms with Gasteiger partial charge in [-0.05, 0) is 42.2 Å². The topological polar surface area (TPSA) is 48.1 Å². The van der Waals surface area contributed by atoms with Gasteiger partial charge in [0, 0.05) is 6.04 Å². The highest BCUT2D eigenvalue weighted by atomic mass is 16.5. The SMILES string of the molecule is CC(N)c1ccc(Oc2ccc(C(C)(C)C)cc2)cn1. The van der Waals surface area contributed by atoms with Gasteiger partial charge >= 0.3 is 0 Å². The monoisotopic (exact) mass is 270 g/mol. The molecular formula is C17H22N2O. The molecule has 20 heavy (non-hydrogen) atoms. The summed E-state index contributed by atoms with van der Waals surface area (Å²) >= 11 is 0. The van der Waals surface area contributed by atoms with Crippen molar-refractivity contribution in [2.75, 3.05) is 0 Å². The highest BCUT2D eigenvalue weighted by molar-refractivity contribution is 5.34. The zero-order valence-corrected chi connectivity index (χ0v) is 12.6. The third kappa shape index (κ3) is 3.58. The summed E-state index contributed by atoms with van der Waals surface area (Å²) in [6.45, 7) is 8.49. The molecule has 0 amide bonds. The van der Waals surface area contributed by atoms with Gasteiger partial charge in [0.05, 0.1) is 11.9 Å². The van der Waals surface area contributed by atoms with Crippen LogP contribution in [0, 0.1) is 0 Å². The van der Waals surface area contributed by atoms with Gasteiger partial charge in [-0.3, -0.25) is 4.98 Å². The molecule has 0 aliphatic heterocycles. The number of benzene rings is 1. The molecule has 2 aromatic rings. The first kappa shape index (κ1) is 14.5. The summed E-state index contributed by atoms with van der Waals surface area (Å²) in [6.07, 6.45) is 1.70. The maximum atomic E-state index is 5.78. The Kier molecular flexibility index (Phi) is 4.09. The second-order valence-corrected chi connectivity index (χ2v) is 6.08. The van der Waals surface area contributed by atoms with E-state index in [0.717, 1.165) is 17.2 Å². The lowest BCUT2D eigenvalue weighted by Crippen LogP contribution is -2.10. The fourth-order valence-corrected chi connectivity index (χ4v) is 1.88. The number of hydrogen-bond acceptors (Lipinski definition) is 3. The quantitative estimate of drug-likeness (QED) is 0.909. The van der Waals surface area contributed by atoms with E-state index in [9.17, 15) is 0 Å².